The van der Waals surface area contributed by atoms with E-state index in [1.165, 1.54) is 11.3 Å². The van der Waals surface area contributed by atoms with Gasteiger partial charge in [0.15, 0.2) is 0 Å². The van der Waals surface area contributed by atoms with E-state index in [1.807, 2.05) is 24.1 Å². The molecule has 0 spiro atoms. The number of hydrogen-bond acceptors (Lipinski definition) is 2. The highest BCUT2D eigenvalue weighted by atomic mass is 15.2. The fourth-order valence-electron chi connectivity index (χ4n) is 3.29. The van der Waals surface area contributed by atoms with Gasteiger partial charge < -0.3 is 0 Å². The van der Waals surface area contributed by atoms with Gasteiger partial charge in [-0.1, -0.05) is 32.0 Å². The summed E-state index contributed by atoms with van der Waals surface area (Å²) in [5.74, 6) is 1.09. The van der Waals surface area contributed by atoms with E-state index in [1.54, 1.807) is 0 Å². The van der Waals surface area contributed by atoms with E-state index < -0.39 is 0 Å². The Morgan fingerprint density at radius 1 is 0.920 bits per heavy atom. The quantitative estimate of drug-likeness (QED) is 0.550. The largest absolute Gasteiger partial charge is 0.296 e. The fraction of sp³-hybridized carbons (Fsp3) is 0.238. The molecule has 0 fully saturated rings. The smallest absolute Gasteiger partial charge is 0.114 e. The van der Waals surface area contributed by atoms with Crippen molar-refractivity contribution in [1.82, 2.24) is 19.3 Å². The van der Waals surface area contributed by atoms with Crippen molar-refractivity contribution in [3.8, 4) is 16.8 Å². The zero-order valence-corrected chi connectivity index (χ0v) is 14.9. The second-order valence-corrected chi connectivity index (χ2v) is 6.34. The molecular weight excluding hydrogens is 308 g/mol. The summed E-state index contributed by atoms with van der Waals surface area (Å²) in [6.07, 6.45) is 5.87. The number of aryl methyl sites for hydroxylation is 3. The molecule has 0 aliphatic heterocycles. The van der Waals surface area contributed by atoms with Crippen LogP contribution in [-0.4, -0.2) is 19.3 Å². The maximum Gasteiger partial charge on any atom is 0.114 e. The first-order valence-corrected chi connectivity index (χ1v) is 8.79. The molecule has 0 amide bonds. The van der Waals surface area contributed by atoms with Crippen LogP contribution in [-0.2, 0) is 19.9 Å². The Kier molecular flexibility index (Phi) is 3.88. The van der Waals surface area contributed by atoms with E-state index in [0.717, 1.165) is 40.8 Å². The Morgan fingerprint density at radius 2 is 1.72 bits per heavy atom. The summed E-state index contributed by atoms with van der Waals surface area (Å²) in [7, 11) is 1.94. The molecule has 2 aromatic carbocycles. The maximum atomic E-state index is 4.88. The van der Waals surface area contributed by atoms with Crippen molar-refractivity contribution in [2.45, 2.75) is 26.7 Å². The minimum absolute atomic E-state index is 0.895. The Morgan fingerprint density at radius 3 is 2.36 bits per heavy atom. The van der Waals surface area contributed by atoms with Gasteiger partial charge in [0.1, 0.15) is 5.82 Å². The second-order valence-electron chi connectivity index (χ2n) is 6.34. The summed E-state index contributed by atoms with van der Waals surface area (Å²) in [4.78, 5) is 4.88. The monoisotopic (exact) mass is 330 g/mol. The van der Waals surface area contributed by atoms with E-state index in [4.69, 9.17) is 4.98 Å². The number of imidazole rings is 1. The van der Waals surface area contributed by atoms with Crippen molar-refractivity contribution >= 4 is 11.0 Å². The van der Waals surface area contributed by atoms with Gasteiger partial charge >= 0.3 is 0 Å². The molecule has 4 nitrogen and oxygen atoms in total. The standard InChI is InChI=1S/C21H22N4/c1-4-15-6-9-18(10-7-15)25-20-11-8-16(17-13-22-24(3)14-17)12-19(20)23-21(25)5-2/h6-14H,4-5H2,1-3H3. The fourth-order valence-corrected chi connectivity index (χ4v) is 3.29. The van der Waals surface area contributed by atoms with E-state index in [0.29, 0.717) is 0 Å². The van der Waals surface area contributed by atoms with Gasteiger partial charge in [0.05, 0.1) is 17.2 Å². The summed E-state index contributed by atoms with van der Waals surface area (Å²) in [5.41, 5.74) is 6.96. The number of hydrogen-bond donors (Lipinski definition) is 0. The normalized spacial score (nSPS) is 11.3. The summed E-state index contributed by atoms with van der Waals surface area (Å²) in [6.45, 7) is 4.33. The third-order valence-corrected chi connectivity index (χ3v) is 4.68. The van der Waals surface area contributed by atoms with Crippen molar-refractivity contribution in [3.05, 3.63) is 66.2 Å². The number of nitrogens with zero attached hydrogens (tertiary/aromatic N) is 4. The molecule has 0 aliphatic carbocycles. The Labute approximate surface area is 147 Å². The Hall–Kier alpha value is -2.88. The lowest BCUT2D eigenvalue weighted by atomic mass is 10.1. The summed E-state index contributed by atoms with van der Waals surface area (Å²) < 4.78 is 4.09. The van der Waals surface area contributed by atoms with Crippen LogP contribution in [0.25, 0.3) is 27.8 Å². The highest BCUT2D eigenvalue weighted by Crippen LogP contribution is 2.27. The Bertz CT molecular complexity index is 1020. The molecular formula is C21H22N4. The molecule has 0 saturated heterocycles. The molecule has 2 aromatic heterocycles. The van der Waals surface area contributed by atoms with Crippen LogP contribution in [0.15, 0.2) is 54.9 Å². The molecule has 0 unspecified atom stereocenters. The van der Waals surface area contributed by atoms with Crippen molar-refractivity contribution in [1.29, 1.82) is 0 Å². The maximum absolute atomic E-state index is 4.88. The predicted molar refractivity (Wildman–Crippen MR) is 102 cm³/mol. The van der Waals surface area contributed by atoms with Gasteiger partial charge in [-0.05, 0) is 41.8 Å². The third-order valence-electron chi connectivity index (χ3n) is 4.68. The molecule has 0 N–H and O–H groups in total. The first kappa shape index (κ1) is 15.6. The first-order chi connectivity index (χ1) is 12.2. The summed E-state index contributed by atoms with van der Waals surface area (Å²) in [5, 5.41) is 4.27. The summed E-state index contributed by atoms with van der Waals surface area (Å²) >= 11 is 0. The molecule has 4 aromatic rings. The first-order valence-electron chi connectivity index (χ1n) is 8.79. The van der Waals surface area contributed by atoms with E-state index >= 15 is 0 Å². The second kappa shape index (κ2) is 6.20. The van der Waals surface area contributed by atoms with Gasteiger partial charge in [0, 0.05) is 30.9 Å². The van der Waals surface area contributed by atoms with Gasteiger partial charge in [-0.2, -0.15) is 5.10 Å². The van der Waals surface area contributed by atoms with Crippen LogP contribution in [0, 0.1) is 0 Å². The highest BCUT2D eigenvalue weighted by molar-refractivity contribution is 5.84. The van der Waals surface area contributed by atoms with Crippen LogP contribution < -0.4 is 0 Å². The molecule has 25 heavy (non-hydrogen) atoms. The zero-order valence-electron chi connectivity index (χ0n) is 14.9. The van der Waals surface area contributed by atoms with Crippen molar-refractivity contribution in [2.75, 3.05) is 0 Å². The van der Waals surface area contributed by atoms with Crippen LogP contribution >= 0.6 is 0 Å². The third kappa shape index (κ3) is 2.74. The lowest BCUT2D eigenvalue weighted by molar-refractivity contribution is 0.768. The molecule has 0 bridgehead atoms. The van der Waals surface area contributed by atoms with Gasteiger partial charge in [-0.3, -0.25) is 9.25 Å². The van der Waals surface area contributed by atoms with Gasteiger partial charge in [0.25, 0.3) is 0 Å². The van der Waals surface area contributed by atoms with Crippen molar-refractivity contribution < 1.29 is 0 Å². The van der Waals surface area contributed by atoms with Gasteiger partial charge in [-0.15, -0.1) is 0 Å². The van der Waals surface area contributed by atoms with E-state index in [-0.39, 0.29) is 0 Å². The minimum Gasteiger partial charge on any atom is -0.296 e. The zero-order chi connectivity index (χ0) is 17.4. The molecule has 4 rings (SSSR count). The average Bonchev–Trinajstić information content (AvgIpc) is 3.24. The van der Waals surface area contributed by atoms with Crippen LogP contribution in [0.3, 0.4) is 0 Å². The van der Waals surface area contributed by atoms with E-state index in [9.17, 15) is 0 Å². The van der Waals surface area contributed by atoms with Crippen LogP contribution in [0.5, 0.6) is 0 Å². The lowest BCUT2D eigenvalue weighted by Gasteiger charge is -2.09. The SMILES string of the molecule is CCc1ccc(-n2c(CC)nc3cc(-c4cnn(C)c4)ccc32)cc1. The number of rotatable bonds is 4. The lowest BCUT2D eigenvalue weighted by Crippen LogP contribution is -2.00. The van der Waals surface area contributed by atoms with Gasteiger partial charge in [0.2, 0.25) is 0 Å². The molecule has 2 heterocycles. The van der Waals surface area contributed by atoms with Crippen LogP contribution in [0.4, 0.5) is 0 Å². The molecule has 126 valence electrons. The molecule has 0 atom stereocenters. The minimum atomic E-state index is 0.895. The number of benzene rings is 2. The number of fused-ring (bicyclic) bond motifs is 1. The predicted octanol–water partition coefficient (Wildman–Crippen LogP) is 4.55. The molecule has 4 heteroatoms. The van der Waals surface area contributed by atoms with Crippen LogP contribution in [0.2, 0.25) is 0 Å². The summed E-state index contributed by atoms with van der Waals surface area (Å²) in [6, 6.07) is 15.2. The number of aromatic nitrogens is 4. The molecule has 0 saturated carbocycles. The Balaban J connectivity index is 1.86. The van der Waals surface area contributed by atoms with Crippen molar-refractivity contribution in [3.63, 3.8) is 0 Å². The molecule has 0 aliphatic rings. The van der Waals surface area contributed by atoms with E-state index in [2.05, 4.69) is 66.0 Å². The average molecular weight is 330 g/mol. The molecule has 0 radical (unpaired) electrons. The van der Waals surface area contributed by atoms with Gasteiger partial charge in [-0.25, -0.2) is 4.98 Å². The topological polar surface area (TPSA) is 35.6 Å². The highest BCUT2D eigenvalue weighted by Gasteiger charge is 2.12. The van der Waals surface area contributed by atoms with Crippen molar-refractivity contribution in [2.24, 2.45) is 7.05 Å². The van der Waals surface area contributed by atoms with Crippen LogP contribution in [0.1, 0.15) is 25.2 Å².